The number of fused-ring (bicyclic) bond motifs is 4. The van der Waals surface area contributed by atoms with Gasteiger partial charge < -0.3 is 19.0 Å². The van der Waals surface area contributed by atoms with Crippen molar-refractivity contribution in [2.24, 2.45) is 0 Å². The lowest BCUT2D eigenvalue weighted by atomic mass is 9.96. The van der Waals surface area contributed by atoms with Crippen LogP contribution in [-0.2, 0) is 0 Å². The minimum absolute atomic E-state index is 0.129. The number of methoxy groups -OCH3 is 1. The highest BCUT2D eigenvalue weighted by Gasteiger charge is 2.43. The maximum Gasteiger partial charge on any atom is 0.290 e. The molecular weight excluding hydrogens is 416 g/mol. The Bertz CT molecular complexity index is 1420. The fourth-order valence-corrected chi connectivity index (χ4v) is 4.75. The van der Waals surface area contributed by atoms with Gasteiger partial charge in [-0.1, -0.05) is 48.5 Å². The van der Waals surface area contributed by atoms with Crippen LogP contribution in [0.1, 0.15) is 34.1 Å². The Morgan fingerprint density at radius 2 is 1.73 bits per heavy atom. The van der Waals surface area contributed by atoms with Crippen molar-refractivity contribution in [2.75, 3.05) is 34.3 Å². The Morgan fingerprint density at radius 3 is 2.52 bits per heavy atom. The second kappa shape index (κ2) is 8.37. The summed E-state index contributed by atoms with van der Waals surface area (Å²) in [7, 11) is 5.60. The Morgan fingerprint density at radius 1 is 0.970 bits per heavy atom. The number of carbonyl (C=O) groups is 1. The largest absolute Gasteiger partial charge is 0.496 e. The van der Waals surface area contributed by atoms with Gasteiger partial charge in [0.05, 0.1) is 24.1 Å². The molecule has 168 valence electrons. The number of ether oxygens (including phenoxy) is 1. The normalized spacial score (nSPS) is 15.6. The molecule has 0 aliphatic carbocycles. The van der Waals surface area contributed by atoms with E-state index < -0.39 is 6.04 Å². The molecule has 6 heteroatoms. The van der Waals surface area contributed by atoms with E-state index >= 15 is 0 Å². The Labute approximate surface area is 192 Å². The zero-order chi connectivity index (χ0) is 23.1. The van der Waals surface area contributed by atoms with Crippen molar-refractivity contribution in [2.45, 2.75) is 12.5 Å². The minimum atomic E-state index is -0.557. The highest BCUT2D eigenvalue weighted by Crippen LogP contribution is 2.42. The van der Waals surface area contributed by atoms with Crippen LogP contribution in [0.5, 0.6) is 5.75 Å². The molecule has 3 aromatic carbocycles. The number of rotatable bonds is 6. The molecule has 1 aliphatic rings. The third-order valence-electron chi connectivity index (χ3n) is 6.30. The third kappa shape index (κ3) is 3.47. The van der Waals surface area contributed by atoms with Gasteiger partial charge in [0, 0.05) is 17.5 Å². The van der Waals surface area contributed by atoms with Crippen LogP contribution in [0, 0.1) is 0 Å². The molecule has 0 saturated carbocycles. The van der Waals surface area contributed by atoms with Crippen LogP contribution in [-0.4, -0.2) is 50.0 Å². The molecule has 0 spiro atoms. The summed E-state index contributed by atoms with van der Waals surface area (Å²) < 4.78 is 11.9. The molecule has 0 saturated heterocycles. The van der Waals surface area contributed by atoms with Crippen molar-refractivity contribution in [3.63, 3.8) is 0 Å². The van der Waals surface area contributed by atoms with Gasteiger partial charge in [0.1, 0.15) is 11.3 Å². The molecule has 0 bridgehead atoms. The predicted molar refractivity (Wildman–Crippen MR) is 129 cm³/mol. The predicted octanol–water partition coefficient (Wildman–Crippen LogP) is 4.45. The van der Waals surface area contributed by atoms with Crippen LogP contribution < -0.4 is 10.2 Å². The standard InChI is InChI=1S/C27H26N2O4/c1-28(2)15-8-16-29-23(19-11-6-7-12-21(19)32-3)22-24(30)20-14-13-17-9-4-5-10-18(17)25(20)33-26(22)27(29)31/h4-7,9-14,23H,8,15-16H2,1-3H3. The molecule has 0 fully saturated rings. The number of hydrogen-bond donors (Lipinski definition) is 0. The van der Waals surface area contributed by atoms with Gasteiger partial charge >= 0.3 is 0 Å². The lowest BCUT2D eigenvalue weighted by molar-refractivity contribution is 0.0721. The van der Waals surface area contributed by atoms with E-state index in [1.54, 1.807) is 18.1 Å². The van der Waals surface area contributed by atoms with Gasteiger partial charge in [-0.25, -0.2) is 0 Å². The smallest absolute Gasteiger partial charge is 0.290 e. The van der Waals surface area contributed by atoms with Crippen molar-refractivity contribution in [1.82, 2.24) is 9.80 Å². The Balaban J connectivity index is 1.75. The summed E-state index contributed by atoms with van der Waals surface area (Å²) >= 11 is 0. The summed E-state index contributed by atoms with van der Waals surface area (Å²) in [6, 6.07) is 18.4. The van der Waals surface area contributed by atoms with E-state index in [0.29, 0.717) is 28.8 Å². The van der Waals surface area contributed by atoms with E-state index in [4.69, 9.17) is 9.15 Å². The number of benzene rings is 3. The van der Waals surface area contributed by atoms with Crippen LogP contribution in [0.25, 0.3) is 21.7 Å². The highest BCUT2D eigenvalue weighted by molar-refractivity contribution is 6.06. The minimum Gasteiger partial charge on any atom is -0.496 e. The van der Waals surface area contributed by atoms with E-state index in [1.807, 2.05) is 68.7 Å². The number of amides is 1. The molecule has 6 nitrogen and oxygen atoms in total. The molecule has 1 atom stereocenters. The molecule has 0 radical (unpaired) electrons. The fourth-order valence-electron chi connectivity index (χ4n) is 4.75. The number of nitrogens with zero attached hydrogens (tertiary/aromatic N) is 2. The summed E-state index contributed by atoms with van der Waals surface area (Å²) in [4.78, 5) is 31.3. The number of carbonyl (C=O) groups excluding carboxylic acids is 1. The second-order valence-electron chi connectivity index (χ2n) is 8.64. The molecule has 1 amide bonds. The van der Waals surface area contributed by atoms with Crippen LogP contribution >= 0.6 is 0 Å². The van der Waals surface area contributed by atoms with Crippen LogP contribution in [0.15, 0.2) is 69.9 Å². The van der Waals surface area contributed by atoms with E-state index in [2.05, 4.69) is 4.90 Å². The van der Waals surface area contributed by atoms with Crippen LogP contribution in [0.2, 0.25) is 0 Å². The summed E-state index contributed by atoms with van der Waals surface area (Å²) in [5.41, 5.74) is 1.46. The first kappa shape index (κ1) is 21.2. The van der Waals surface area contributed by atoms with Crippen molar-refractivity contribution < 1.29 is 13.9 Å². The van der Waals surface area contributed by atoms with Gasteiger partial charge in [-0.3, -0.25) is 9.59 Å². The Hall–Kier alpha value is -3.64. The van der Waals surface area contributed by atoms with Crippen LogP contribution in [0.3, 0.4) is 0 Å². The lowest BCUT2D eigenvalue weighted by Crippen LogP contribution is -2.32. The summed E-state index contributed by atoms with van der Waals surface area (Å²) in [6.45, 7) is 1.33. The quantitative estimate of drug-likeness (QED) is 0.413. The SMILES string of the molecule is COc1ccccc1C1c2c(oc3c(ccc4ccccc43)c2=O)C(=O)N1CCCN(C)C. The fraction of sp³-hybridized carbons (Fsp3) is 0.259. The van der Waals surface area contributed by atoms with Crippen molar-refractivity contribution in [1.29, 1.82) is 0 Å². The summed E-state index contributed by atoms with van der Waals surface area (Å²) in [6.07, 6.45) is 0.773. The van der Waals surface area contributed by atoms with Crippen molar-refractivity contribution in [3.8, 4) is 5.75 Å². The van der Waals surface area contributed by atoms with E-state index in [-0.39, 0.29) is 17.1 Å². The summed E-state index contributed by atoms with van der Waals surface area (Å²) in [5.74, 6) is 0.509. The van der Waals surface area contributed by atoms with E-state index in [0.717, 1.165) is 29.3 Å². The topological polar surface area (TPSA) is 63.0 Å². The van der Waals surface area contributed by atoms with Gasteiger partial charge in [0.2, 0.25) is 5.76 Å². The van der Waals surface area contributed by atoms with Crippen molar-refractivity contribution >= 4 is 27.6 Å². The monoisotopic (exact) mass is 442 g/mol. The molecule has 1 aromatic heterocycles. The molecule has 1 aliphatic heterocycles. The number of para-hydroxylation sites is 1. The van der Waals surface area contributed by atoms with Gasteiger partial charge in [-0.05, 0) is 44.6 Å². The lowest BCUT2D eigenvalue weighted by Gasteiger charge is -2.26. The van der Waals surface area contributed by atoms with E-state index in [1.165, 1.54) is 0 Å². The number of hydrogen-bond acceptors (Lipinski definition) is 5. The molecule has 1 unspecified atom stereocenters. The average Bonchev–Trinajstić information content (AvgIpc) is 3.10. The maximum absolute atomic E-state index is 13.8. The van der Waals surface area contributed by atoms with Gasteiger partial charge in [0.25, 0.3) is 5.91 Å². The highest BCUT2D eigenvalue weighted by atomic mass is 16.5. The zero-order valence-corrected chi connectivity index (χ0v) is 19.0. The van der Waals surface area contributed by atoms with Gasteiger partial charge in [-0.15, -0.1) is 0 Å². The maximum atomic E-state index is 13.8. The summed E-state index contributed by atoms with van der Waals surface area (Å²) in [5, 5.41) is 2.26. The first-order valence-electron chi connectivity index (χ1n) is 11.1. The van der Waals surface area contributed by atoms with E-state index in [9.17, 15) is 9.59 Å². The van der Waals surface area contributed by atoms with Crippen molar-refractivity contribution in [3.05, 3.63) is 87.8 Å². The third-order valence-corrected chi connectivity index (χ3v) is 6.30. The molecule has 2 heterocycles. The Kier molecular flexibility index (Phi) is 5.38. The van der Waals surface area contributed by atoms with Gasteiger partial charge in [0.15, 0.2) is 5.43 Å². The second-order valence-corrected chi connectivity index (χ2v) is 8.64. The molecular formula is C27H26N2O4. The molecule has 5 rings (SSSR count). The average molecular weight is 443 g/mol. The molecule has 4 aromatic rings. The first-order chi connectivity index (χ1) is 16.0. The van der Waals surface area contributed by atoms with Crippen LogP contribution in [0.4, 0.5) is 0 Å². The van der Waals surface area contributed by atoms with Gasteiger partial charge in [-0.2, -0.15) is 0 Å². The molecule has 0 N–H and O–H groups in total. The zero-order valence-electron chi connectivity index (χ0n) is 19.0. The molecule has 33 heavy (non-hydrogen) atoms. The first-order valence-corrected chi connectivity index (χ1v) is 11.1.